The van der Waals surface area contributed by atoms with Crippen molar-refractivity contribution in [3.05, 3.63) is 41.5 Å². The maximum atomic E-state index is 12.9. The van der Waals surface area contributed by atoms with Crippen molar-refractivity contribution in [2.45, 2.75) is 13.8 Å². The fourth-order valence-electron chi connectivity index (χ4n) is 2.63. The minimum atomic E-state index is -5.63. The number of halogens is 1. The predicted octanol–water partition coefficient (Wildman–Crippen LogP) is 2.75. The molecule has 1 aliphatic rings. The Morgan fingerprint density at radius 3 is 2.46 bits per heavy atom. The fourth-order valence-corrected chi connectivity index (χ4v) is 2.95. The molecule has 0 spiro atoms. The maximum Gasteiger partial charge on any atom is 0.513 e. The summed E-state index contributed by atoms with van der Waals surface area (Å²) in [7, 11) is -5.63. The van der Waals surface area contributed by atoms with Crippen LogP contribution in [-0.4, -0.2) is 38.1 Å². The summed E-state index contributed by atoms with van der Waals surface area (Å²) in [5.74, 6) is -2.38. The third-order valence-corrected chi connectivity index (χ3v) is 4.01. The number of nitrogens with zero attached hydrogens (tertiary/aromatic N) is 1. The van der Waals surface area contributed by atoms with E-state index >= 15 is 0 Å². The van der Waals surface area contributed by atoms with E-state index in [1.54, 1.807) is 6.07 Å². The number of hydroxylamine groups is 2. The van der Waals surface area contributed by atoms with E-state index in [9.17, 15) is 26.7 Å². The molecule has 0 saturated heterocycles. The Bertz CT molecular complexity index is 1100. The second kappa shape index (κ2) is 7.17. The standard InChI is InChI=1S/C17H14FNO8S/c1-9(2)8-25-17(22)26-11-6-10-4-3-5-12-14(10)13(7-11)16(21)19(15(12)20)27-28(18,23)24/h3-7,9H,8H2,1-2H3. The Labute approximate surface area is 158 Å². The summed E-state index contributed by atoms with van der Waals surface area (Å²) >= 11 is 0. The maximum absolute atomic E-state index is 12.9. The molecule has 9 nitrogen and oxygen atoms in total. The van der Waals surface area contributed by atoms with Crippen molar-refractivity contribution in [3.8, 4) is 5.75 Å². The number of carbonyl (C=O) groups excluding carboxylic acids is 3. The summed E-state index contributed by atoms with van der Waals surface area (Å²) in [6, 6.07) is 6.84. The van der Waals surface area contributed by atoms with E-state index in [4.69, 9.17) is 9.47 Å². The zero-order valence-electron chi connectivity index (χ0n) is 14.7. The SMILES string of the molecule is CC(C)COC(=O)Oc1cc2c3c(cccc3c1)C(=O)N(OS(=O)(=O)F)C2=O. The summed E-state index contributed by atoms with van der Waals surface area (Å²) in [5.41, 5.74) is -0.285. The zero-order valence-corrected chi connectivity index (χ0v) is 15.5. The van der Waals surface area contributed by atoms with E-state index in [-0.39, 0.29) is 39.9 Å². The molecule has 2 aromatic rings. The first kappa shape index (κ1) is 19.7. The highest BCUT2D eigenvalue weighted by atomic mass is 32.3. The molecule has 11 heteroatoms. The molecule has 0 radical (unpaired) electrons. The number of hydrogen-bond acceptors (Lipinski definition) is 8. The number of imide groups is 1. The van der Waals surface area contributed by atoms with Crippen LogP contribution in [0.3, 0.4) is 0 Å². The lowest BCUT2D eigenvalue weighted by molar-refractivity contribution is -0.0190. The van der Waals surface area contributed by atoms with Crippen LogP contribution in [0.5, 0.6) is 5.75 Å². The van der Waals surface area contributed by atoms with Gasteiger partial charge in [0.05, 0.1) is 17.7 Å². The quantitative estimate of drug-likeness (QED) is 0.319. The second-order valence-electron chi connectivity index (χ2n) is 6.30. The van der Waals surface area contributed by atoms with Crippen molar-refractivity contribution in [2.75, 3.05) is 6.61 Å². The molecule has 148 valence electrons. The number of carbonyl (C=O) groups is 3. The van der Waals surface area contributed by atoms with E-state index in [2.05, 4.69) is 4.28 Å². The van der Waals surface area contributed by atoms with Gasteiger partial charge in [0, 0.05) is 5.39 Å². The van der Waals surface area contributed by atoms with Gasteiger partial charge in [-0.05, 0) is 29.5 Å². The van der Waals surface area contributed by atoms with Crippen molar-refractivity contribution in [2.24, 2.45) is 5.92 Å². The van der Waals surface area contributed by atoms with Crippen LogP contribution in [0.1, 0.15) is 34.6 Å². The van der Waals surface area contributed by atoms with Crippen LogP contribution in [0.15, 0.2) is 30.3 Å². The Balaban J connectivity index is 2.03. The first-order chi connectivity index (χ1) is 13.1. The Morgan fingerprint density at radius 2 is 1.82 bits per heavy atom. The Hall–Kier alpha value is -3.05. The summed E-state index contributed by atoms with van der Waals surface area (Å²) in [5, 5.41) is 0.357. The van der Waals surface area contributed by atoms with Crippen LogP contribution >= 0.6 is 0 Å². The number of amides is 2. The normalized spacial score (nSPS) is 13.9. The van der Waals surface area contributed by atoms with E-state index in [1.165, 1.54) is 18.2 Å². The smallest absolute Gasteiger partial charge is 0.434 e. The molecule has 0 atom stereocenters. The van der Waals surface area contributed by atoms with Gasteiger partial charge < -0.3 is 9.47 Å². The van der Waals surface area contributed by atoms with Crippen LogP contribution in [0.2, 0.25) is 0 Å². The number of hydrogen-bond donors (Lipinski definition) is 0. The molecule has 2 amide bonds. The van der Waals surface area contributed by atoms with Gasteiger partial charge in [0.1, 0.15) is 5.75 Å². The van der Waals surface area contributed by atoms with E-state index in [1.807, 2.05) is 13.8 Å². The van der Waals surface area contributed by atoms with Gasteiger partial charge in [-0.15, -0.1) is 9.35 Å². The number of benzene rings is 2. The van der Waals surface area contributed by atoms with Gasteiger partial charge in [0.15, 0.2) is 0 Å². The predicted molar refractivity (Wildman–Crippen MR) is 92.4 cm³/mol. The number of ether oxygens (including phenoxy) is 2. The van der Waals surface area contributed by atoms with Crippen LogP contribution < -0.4 is 4.74 Å². The molecule has 0 N–H and O–H groups in total. The van der Waals surface area contributed by atoms with Crippen LogP contribution in [0.4, 0.5) is 8.68 Å². The van der Waals surface area contributed by atoms with Gasteiger partial charge in [-0.1, -0.05) is 29.9 Å². The molecule has 1 aliphatic heterocycles. The average Bonchev–Trinajstić information content (AvgIpc) is 2.60. The first-order valence-corrected chi connectivity index (χ1v) is 9.32. The third-order valence-electron chi connectivity index (χ3n) is 3.68. The Kier molecular flexibility index (Phi) is 5.04. The van der Waals surface area contributed by atoms with Gasteiger partial charge in [0.2, 0.25) is 0 Å². The van der Waals surface area contributed by atoms with E-state index in [0.29, 0.717) is 5.39 Å². The van der Waals surface area contributed by atoms with Crippen molar-refractivity contribution < 1.29 is 40.4 Å². The summed E-state index contributed by atoms with van der Waals surface area (Å²) in [4.78, 5) is 36.6. The summed E-state index contributed by atoms with van der Waals surface area (Å²) < 4.78 is 48.3. The van der Waals surface area contributed by atoms with Crippen LogP contribution in [0, 0.1) is 5.92 Å². The lowest BCUT2D eigenvalue weighted by atomic mass is 9.95. The topological polar surface area (TPSA) is 116 Å². The highest BCUT2D eigenvalue weighted by molar-refractivity contribution is 7.81. The van der Waals surface area contributed by atoms with Crippen molar-refractivity contribution in [1.29, 1.82) is 0 Å². The van der Waals surface area contributed by atoms with Gasteiger partial charge in [-0.3, -0.25) is 9.59 Å². The van der Waals surface area contributed by atoms with Gasteiger partial charge in [-0.2, -0.15) is 8.42 Å². The van der Waals surface area contributed by atoms with Gasteiger partial charge in [0.25, 0.3) is 11.8 Å². The summed E-state index contributed by atoms with van der Waals surface area (Å²) in [6.07, 6.45) is -1.00. The number of rotatable bonds is 5. The lowest BCUT2D eigenvalue weighted by Gasteiger charge is -2.24. The largest absolute Gasteiger partial charge is 0.513 e. The molecular formula is C17H14FNO8S. The molecule has 0 fully saturated rings. The van der Waals surface area contributed by atoms with Crippen molar-refractivity contribution in [3.63, 3.8) is 0 Å². The molecular weight excluding hydrogens is 397 g/mol. The molecule has 0 aliphatic carbocycles. The van der Waals surface area contributed by atoms with E-state index < -0.39 is 28.5 Å². The van der Waals surface area contributed by atoms with Crippen molar-refractivity contribution >= 4 is 39.2 Å². The fraction of sp³-hybridized carbons (Fsp3) is 0.235. The molecule has 0 saturated carbocycles. The summed E-state index contributed by atoms with van der Waals surface area (Å²) in [6.45, 7) is 3.78. The minimum Gasteiger partial charge on any atom is -0.434 e. The first-order valence-electron chi connectivity index (χ1n) is 8.01. The molecule has 0 aromatic heterocycles. The second-order valence-corrected chi connectivity index (χ2v) is 7.24. The van der Waals surface area contributed by atoms with Gasteiger partial charge >= 0.3 is 16.7 Å². The van der Waals surface area contributed by atoms with Crippen molar-refractivity contribution in [1.82, 2.24) is 5.06 Å². The van der Waals surface area contributed by atoms with Crippen LogP contribution in [0.25, 0.3) is 10.8 Å². The lowest BCUT2D eigenvalue weighted by Crippen LogP contribution is -2.41. The highest BCUT2D eigenvalue weighted by Gasteiger charge is 2.37. The van der Waals surface area contributed by atoms with E-state index in [0.717, 1.165) is 6.07 Å². The molecule has 0 unspecified atom stereocenters. The minimum absolute atomic E-state index is 0.0776. The monoisotopic (exact) mass is 411 g/mol. The average molecular weight is 411 g/mol. The Morgan fingerprint density at radius 1 is 1.14 bits per heavy atom. The molecule has 3 rings (SSSR count). The van der Waals surface area contributed by atoms with Gasteiger partial charge in [-0.25, -0.2) is 4.79 Å². The van der Waals surface area contributed by atoms with Crippen LogP contribution in [-0.2, 0) is 19.5 Å². The molecule has 2 aromatic carbocycles. The molecule has 1 heterocycles. The molecule has 28 heavy (non-hydrogen) atoms. The molecule has 0 bridgehead atoms. The third kappa shape index (κ3) is 3.94. The zero-order chi connectivity index (χ0) is 20.6. The highest BCUT2D eigenvalue weighted by Crippen LogP contribution is 2.34.